The molecule has 33 heavy (non-hydrogen) atoms. The maximum Gasteiger partial charge on any atom is -0.0166 e. The van der Waals surface area contributed by atoms with Crippen molar-refractivity contribution in [3.05, 3.63) is 11.6 Å². The highest BCUT2D eigenvalue weighted by molar-refractivity contribution is 5.21. The Balaban J connectivity index is 1.11. The Kier molecular flexibility index (Phi) is 6.20. The monoisotopic (exact) mass is 448 g/mol. The van der Waals surface area contributed by atoms with Crippen molar-refractivity contribution >= 4 is 0 Å². The van der Waals surface area contributed by atoms with Crippen molar-refractivity contribution in [3.8, 4) is 0 Å². The summed E-state index contributed by atoms with van der Waals surface area (Å²) in [6.45, 7) is 0. The minimum absolute atomic E-state index is 1.01. The second kappa shape index (κ2) is 9.32. The van der Waals surface area contributed by atoms with Crippen LogP contribution >= 0.6 is 0 Å². The Labute approximate surface area is 205 Å². The van der Waals surface area contributed by atoms with Crippen molar-refractivity contribution in [2.24, 2.45) is 65.1 Å². The van der Waals surface area contributed by atoms with Gasteiger partial charge in [-0.1, -0.05) is 63.0 Å². The van der Waals surface area contributed by atoms with E-state index in [1.165, 1.54) is 12.8 Å². The van der Waals surface area contributed by atoms with Crippen molar-refractivity contribution in [1.82, 2.24) is 0 Å². The SMILES string of the molecule is C1=C(C2CCCC3C4CCCCC4CCC23)C(C2CCCC3C4CCCCC4CCC23)CC1. The molecule has 6 saturated carbocycles. The average molecular weight is 449 g/mol. The zero-order valence-electron chi connectivity index (χ0n) is 21.6. The van der Waals surface area contributed by atoms with Crippen LogP contribution in [-0.4, -0.2) is 0 Å². The van der Waals surface area contributed by atoms with E-state index in [0.29, 0.717) is 0 Å². The van der Waals surface area contributed by atoms with E-state index >= 15 is 0 Å². The Morgan fingerprint density at radius 2 is 0.848 bits per heavy atom. The molecule has 0 bridgehead atoms. The molecule has 0 aromatic rings. The topological polar surface area (TPSA) is 0 Å². The van der Waals surface area contributed by atoms with Crippen molar-refractivity contribution in [1.29, 1.82) is 0 Å². The summed E-state index contributed by atoms with van der Waals surface area (Å²) in [4.78, 5) is 0. The predicted molar refractivity (Wildman–Crippen MR) is 139 cm³/mol. The molecule has 7 aliphatic rings. The molecule has 0 saturated heterocycles. The van der Waals surface area contributed by atoms with Gasteiger partial charge in [0, 0.05) is 0 Å². The number of hydrogen-bond acceptors (Lipinski definition) is 0. The minimum Gasteiger partial charge on any atom is -0.0847 e. The lowest BCUT2D eigenvalue weighted by atomic mass is 9.51. The molecule has 0 N–H and O–H groups in total. The van der Waals surface area contributed by atoms with Gasteiger partial charge >= 0.3 is 0 Å². The van der Waals surface area contributed by atoms with Gasteiger partial charge in [0.2, 0.25) is 0 Å². The third-order valence-corrected chi connectivity index (χ3v) is 13.3. The van der Waals surface area contributed by atoms with Crippen LogP contribution in [0.25, 0.3) is 0 Å². The van der Waals surface area contributed by atoms with Crippen LogP contribution in [0.15, 0.2) is 11.6 Å². The first kappa shape index (κ1) is 22.0. The van der Waals surface area contributed by atoms with Crippen LogP contribution in [0.1, 0.15) is 128 Å². The fraction of sp³-hybridized carbons (Fsp3) is 0.939. The van der Waals surface area contributed by atoms with Gasteiger partial charge in [-0.2, -0.15) is 0 Å². The van der Waals surface area contributed by atoms with Gasteiger partial charge in [-0.25, -0.2) is 0 Å². The first-order valence-corrected chi connectivity index (χ1v) is 16.1. The minimum atomic E-state index is 1.01. The molecule has 0 spiro atoms. The van der Waals surface area contributed by atoms with Crippen molar-refractivity contribution in [2.45, 2.75) is 128 Å². The Bertz CT molecular complexity index is 718. The van der Waals surface area contributed by atoms with E-state index < -0.39 is 0 Å². The first-order valence-electron chi connectivity index (χ1n) is 16.1. The Morgan fingerprint density at radius 3 is 1.61 bits per heavy atom. The maximum atomic E-state index is 2.85. The van der Waals surface area contributed by atoms with Gasteiger partial charge in [0.15, 0.2) is 0 Å². The standard InChI is InChI=1S/C33H52/c1-3-10-24-22(8-1)18-20-32-26(24)12-5-16-30(32)28-14-7-15-29(28)31-17-6-13-27-25-11-4-2-9-23(25)19-21-33(27)31/h14,22-27,29-33H,1-13,15-21H2. The average Bonchev–Trinajstić information content (AvgIpc) is 3.37. The van der Waals surface area contributed by atoms with Crippen LogP contribution in [0.3, 0.4) is 0 Å². The predicted octanol–water partition coefficient (Wildman–Crippen LogP) is 9.59. The summed E-state index contributed by atoms with van der Waals surface area (Å²) in [7, 11) is 0. The molecule has 0 aromatic heterocycles. The number of hydrogen-bond donors (Lipinski definition) is 0. The summed E-state index contributed by atoms with van der Waals surface area (Å²) < 4.78 is 0. The van der Waals surface area contributed by atoms with Crippen LogP contribution in [-0.2, 0) is 0 Å². The van der Waals surface area contributed by atoms with Gasteiger partial charge < -0.3 is 0 Å². The van der Waals surface area contributed by atoms with E-state index in [1.807, 2.05) is 0 Å². The van der Waals surface area contributed by atoms with Gasteiger partial charge in [-0.3, -0.25) is 0 Å². The molecule has 0 aliphatic heterocycles. The maximum absolute atomic E-state index is 2.85. The lowest BCUT2D eigenvalue weighted by molar-refractivity contribution is -0.0238. The van der Waals surface area contributed by atoms with E-state index in [9.17, 15) is 0 Å². The molecule has 6 fully saturated rings. The molecule has 11 atom stereocenters. The number of fused-ring (bicyclic) bond motifs is 6. The smallest absolute Gasteiger partial charge is 0.0166 e. The van der Waals surface area contributed by atoms with E-state index in [4.69, 9.17) is 0 Å². The van der Waals surface area contributed by atoms with Gasteiger partial charge in [0.1, 0.15) is 0 Å². The van der Waals surface area contributed by atoms with Crippen molar-refractivity contribution < 1.29 is 0 Å². The molecule has 0 heteroatoms. The number of allylic oxidation sites excluding steroid dienone is 2. The van der Waals surface area contributed by atoms with Crippen LogP contribution in [0, 0.1) is 65.1 Å². The van der Waals surface area contributed by atoms with Gasteiger partial charge in [0.05, 0.1) is 0 Å². The summed E-state index contributed by atoms with van der Waals surface area (Å²) >= 11 is 0. The molecular weight excluding hydrogens is 396 g/mol. The lowest BCUT2D eigenvalue weighted by Gasteiger charge is -2.54. The molecule has 0 nitrogen and oxygen atoms in total. The molecule has 184 valence electrons. The Hall–Kier alpha value is -0.260. The third-order valence-electron chi connectivity index (χ3n) is 13.3. The molecular formula is C33H52. The molecule has 0 amide bonds. The largest absolute Gasteiger partial charge is 0.0847 e. The lowest BCUT2D eigenvalue weighted by Crippen LogP contribution is -2.45. The van der Waals surface area contributed by atoms with Crippen LogP contribution < -0.4 is 0 Å². The van der Waals surface area contributed by atoms with Crippen LogP contribution in [0.4, 0.5) is 0 Å². The highest BCUT2D eigenvalue weighted by Crippen LogP contribution is 2.60. The second-order valence-electron chi connectivity index (χ2n) is 14.2. The van der Waals surface area contributed by atoms with Crippen LogP contribution in [0.5, 0.6) is 0 Å². The zero-order valence-corrected chi connectivity index (χ0v) is 21.6. The number of rotatable bonds is 2. The summed E-state index contributed by atoms with van der Waals surface area (Å²) in [5.74, 6) is 12.0. The molecule has 0 aromatic carbocycles. The van der Waals surface area contributed by atoms with Gasteiger partial charge in [0.25, 0.3) is 0 Å². The fourth-order valence-corrected chi connectivity index (χ4v) is 12.2. The molecule has 7 rings (SSSR count). The molecule has 0 radical (unpaired) electrons. The third kappa shape index (κ3) is 3.82. The highest BCUT2D eigenvalue weighted by atomic mass is 14.6. The normalized spacial score (nSPS) is 52.1. The summed E-state index contributed by atoms with van der Waals surface area (Å²) in [5.41, 5.74) is 2.07. The van der Waals surface area contributed by atoms with Crippen molar-refractivity contribution in [2.75, 3.05) is 0 Å². The van der Waals surface area contributed by atoms with Gasteiger partial charge in [-0.15, -0.1) is 0 Å². The second-order valence-corrected chi connectivity index (χ2v) is 14.2. The summed E-state index contributed by atoms with van der Waals surface area (Å²) in [6.07, 6.45) is 34.2. The van der Waals surface area contributed by atoms with E-state index in [-0.39, 0.29) is 0 Å². The fourth-order valence-electron chi connectivity index (χ4n) is 12.2. The van der Waals surface area contributed by atoms with E-state index in [1.54, 1.807) is 116 Å². The molecule has 11 unspecified atom stereocenters. The first-order chi connectivity index (χ1) is 16.4. The highest BCUT2D eigenvalue weighted by Gasteiger charge is 2.50. The summed E-state index contributed by atoms with van der Waals surface area (Å²) in [5, 5.41) is 0. The Morgan fingerprint density at radius 1 is 0.364 bits per heavy atom. The van der Waals surface area contributed by atoms with E-state index in [0.717, 1.165) is 65.1 Å². The zero-order chi connectivity index (χ0) is 21.8. The van der Waals surface area contributed by atoms with Gasteiger partial charge in [-0.05, 0) is 142 Å². The quantitative estimate of drug-likeness (QED) is 0.369. The van der Waals surface area contributed by atoms with Crippen LogP contribution in [0.2, 0.25) is 0 Å². The van der Waals surface area contributed by atoms with E-state index in [2.05, 4.69) is 11.6 Å². The van der Waals surface area contributed by atoms with Crippen molar-refractivity contribution in [3.63, 3.8) is 0 Å². The molecule has 0 heterocycles. The summed E-state index contributed by atoms with van der Waals surface area (Å²) in [6, 6.07) is 0. The molecule has 7 aliphatic carbocycles.